The number of nitrogens with one attached hydrogen (secondary N) is 5. The molecule has 0 spiro atoms. The molecule has 45 heavy (non-hydrogen) atoms. The Labute approximate surface area is 259 Å². The third-order valence-electron chi connectivity index (χ3n) is 7.81. The Hall–Kier alpha value is -5.32. The molecule has 1 aliphatic rings. The van der Waals surface area contributed by atoms with Crippen LogP contribution >= 0.6 is 0 Å². The maximum absolute atomic E-state index is 13.8. The monoisotopic (exact) mass is 611 g/mol. The minimum Gasteiger partial charge on any atom is -0.356 e. The van der Waals surface area contributed by atoms with Crippen molar-refractivity contribution in [1.29, 1.82) is 0 Å². The third kappa shape index (κ3) is 8.20. The second kappa shape index (κ2) is 14.4. The second-order valence-electron chi connectivity index (χ2n) is 11.1. The molecule has 1 fully saturated rings. The lowest BCUT2D eigenvalue weighted by Gasteiger charge is -2.27. The first kappa shape index (κ1) is 31.1. The molecule has 0 saturated carbocycles. The number of piperidine rings is 1. The Balaban J connectivity index is 1.36. The summed E-state index contributed by atoms with van der Waals surface area (Å²) >= 11 is 0. The van der Waals surface area contributed by atoms with Crippen LogP contribution in [0, 0.1) is 11.7 Å². The van der Waals surface area contributed by atoms with Gasteiger partial charge in [0.1, 0.15) is 17.6 Å². The Morgan fingerprint density at radius 3 is 2.29 bits per heavy atom. The topological polar surface area (TPSA) is 149 Å². The highest BCUT2D eigenvalue weighted by atomic mass is 19.1. The summed E-state index contributed by atoms with van der Waals surface area (Å²) in [6.07, 6.45) is 1.21. The number of ketones is 1. The van der Waals surface area contributed by atoms with Crippen molar-refractivity contribution in [3.63, 3.8) is 0 Å². The number of Topliss-reactive ketones (excluding diaryl/α,β-unsaturated/α-hetero) is 1. The molecular weight excluding hydrogens is 577 g/mol. The molecule has 1 saturated heterocycles. The number of hydrogen-bond acceptors (Lipinski definition) is 5. The zero-order valence-corrected chi connectivity index (χ0v) is 24.5. The molecule has 1 aliphatic heterocycles. The molecule has 0 aliphatic carbocycles. The number of benzene rings is 3. The van der Waals surface area contributed by atoms with Crippen molar-refractivity contribution >= 4 is 40.3 Å². The second-order valence-corrected chi connectivity index (χ2v) is 11.1. The van der Waals surface area contributed by atoms with Crippen LogP contribution in [0.4, 0.5) is 4.39 Å². The van der Waals surface area contributed by atoms with E-state index in [9.17, 15) is 28.4 Å². The highest BCUT2D eigenvalue weighted by Crippen LogP contribution is 2.19. The van der Waals surface area contributed by atoms with E-state index < -0.39 is 47.3 Å². The van der Waals surface area contributed by atoms with E-state index in [0.717, 1.165) is 11.1 Å². The number of aromatic nitrogens is 1. The van der Waals surface area contributed by atoms with E-state index in [1.165, 1.54) is 18.2 Å². The lowest BCUT2D eigenvalue weighted by atomic mass is 9.89. The standard InChI is InChI=1S/C34H34FN5O5/c35-25-14-13-23-17-29(38-26(23)19-25)33(44)40-28(16-21-8-3-1-4-9-21)32(43)39-27(18-24-12-7-15-36-31(24)42)30(41)34(45)37-20-22-10-5-2-6-11-22/h1-6,8-11,13-14,17,19,24,27-28,38H,7,12,15-16,18,20H2,(H,36,42)(H,37,45)(H,39,43)(H,40,44)/t24-,27-,28-/m0/s1. The summed E-state index contributed by atoms with van der Waals surface area (Å²) in [6, 6.07) is 21.2. The quantitative estimate of drug-likeness (QED) is 0.156. The molecule has 3 atom stereocenters. The van der Waals surface area contributed by atoms with Crippen molar-refractivity contribution in [3.05, 3.63) is 108 Å². The fourth-order valence-corrected chi connectivity index (χ4v) is 5.39. The van der Waals surface area contributed by atoms with Crippen LogP contribution < -0.4 is 21.3 Å². The van der Waals surface area contributed by atoms with Gasteiger partial charge in [-0.05, 0) is 54.7 Å². The van der Waals surface area contributed by atoms with E-state index in [0.29, 0.717) is 30.3 Å². The highest BCUT2D eigenvalue weighted by molar-refractivity contribution is 6.38. The SMILES string of the molecule is O=C(NCc1ccccc1)C(=O)[C@H](C[C@@H]1CCCNC1=O)NC(=O)[C@H](Cc1ccccc1)NC(=O)c1cc2ccc(F)cc2[nH]1. The van der Waals surface area contributed by atoms with Gasteiger partial charge < -0.3 is 26.3 Å². The number of rotatable bonds is 12. The van der Waals surface area contributed by atoms with Gasteiger partial charge in [-0.1, -0.05) is 60.7 Å². The first-order chi connectivity index (χ1) is 21.8. The molecule has 2 heterocycles. The predicted molar refractivity (Wildman–Crippen MR) is 165 cm³/mol. The molecule has 0 bridgehead atoms. The van der Waals surface area contributed by atoms with Gasteiger partial charge in [0.15, 0.2) is 0 Å². The Morgan fingerprint density at radius 2 is 1.58 bits per heavy atom. The minimum absolute atomic E-state index is 0.0747. The summed E-state index contributed by atoms with van der Waals surface area (Å²) in [5, 5.41) is 11.4. The molecule has 3 aromatic carbocycles. The van der Waals surface area contributed by atoms with Crippen LogP contribution in [0.5, 0.6) is 0 Å². The maximum atomic E-state index is 13.8. The number of H-pyrrole nitrogens is 1. The molecule has 0 unspecified atom stereocenters. The number of amides is 4. The summed E-state index contributed by atoms with van der Waals surface area (Å²) < 4.78 is 13.7. The molecule has 0 radical (unpaired) electrons. The summed E-state index contributed by atoms with van der Waals surface area (Å²) in [4.78, 5) is 69.0. The van der Waals surface area contributed by atoms with Crippen LogP contribution in [0.15, 0.2) is 84.9 Å². The minimum atomic E-state index is -1.31. The van der Waals surface area contributed by atoms with Crippen LogP contribution in [0.1, 0.15) is 40.9 Å². The Morgan fingerprint density at radius 1 is 0.867 bits per heavy atom. The van der Waals surface area contributed by atoms with E-state index in [1.54, 1.807) is 42.5 Å². The first-order valence-electron chi connectivity index (χ1n) is 14.8. The van der Waals surface area contributed by atoms with E-state index in [-0.39, 0.29) is 31.0 Å². The smallest absolute Gasteiger partial charge is 0.289 e. The van der Waals surface area contributed by atoms with Crippen molar-refractivity contribution in [2.24, 2.45) is 5.92 Å². The van der Waals surface area contributed by atoms with Gasteiger partial charge in [-0.15, -0.1) is 0 Å². The van der Waals surface area contributed by atoms with Crippen LogP contribution in [-0.2, 0) is 32.1 Å². The van der Waals surface area contributed by atoms with Crippen LogP contribution in [0.3, 0.4) is 0 Å². The number of carbonyl (C=O) groups excluding carboxylic acids is 5. The average Bonchev–Trinajstić information content (AvgIpc) is 3.48. The predicted octanol–water partition coefficient (Wildman–Crippen LogP) is 2.93. The van der Waals surface area contributed by atoms with Gasteiger partial charge in [0.25, 0.3) is 11.8 Å². The number of halogens is 1. The Kier molecular flexibility index (Phi) is 9.98. The number of aromatic amines is 1. The van der Waals surface area contributed by atoms with Crippen molar-refractivity contribution in [1.82, 2.24) is 26.3 Å². The van der Waals surface area contributed by atoms with Crippen molar-refractivity contribution in [2.45, 2.75) is 44.3 Å². The summed E-state index contributed by atoms with van der Waals surface area (Å²) in [7, 11) is 0. The molecule has 10 nitrogen and oxygen atoms in total. The van der Waals surface area contributed by atoms with Gasteiger partial charge in [-0.25, -0.2) is 4.39 Å². The van der Waals surface area contributed by atoms with Crippen molar-refractivity contribution in [2.75, 3.05) is 6.54 Å². The summed E-state index contributed by atoms with van der Waals surface area (Å²) in [5.41, 5.74) is 2.07. The number of hydrogen-bond donors (Lipinski definition) is 5. The summed E-state index contributed by atoms with van der Waals surface area (Å²) in [6.45, 7) is 0.626. The fourth-order valence-electron chi connectivity index (χ4n) is 5.39. The third-order valence-corrected chi connectivity index (χ3v) is 7.81. The molecule has 232 valence electrons. The lowest BCUT2D eigenvalue weighted by Crippen LogP contribution is -2.55. The van der Waals surface area contributed by atoms with Crippen molar-refractivity contribution < 1.29 is 28.4 Å². The number of fused-ring (bicyclic) bond motifs is 1. The van der Waals surface area contributed by atoms with Crippen molar-refractivity contribution in [3.8, 4) is 0 Å². The van der Waals surface area contributed by atoms with Gasteiger partial charge >= 0.3 is 0 Å². The lowest BCUT2D eigenvalue weighted by molar-refractivity contribution is -0.141. The van der Waals surface area contributed by atoms with E-state index in [4.69, 9.17) is 0 Å². The molecule has 4 amide bonds. The van der Waals surface area contributed by atoms with Gasteiger partial charge in [0.05, 0.1) is 6.04 Å². The maximum Gasteiger partial charge on any atom is 0.289 e. The van der Waals surface area contributed by atoms with E-state index in [1.807, 2.05) is 24.3 Å². The molecular formula is C34H34FN5O5. The van der Waals surface area contributed by atoms with E-state index in [2.05, 4.69) is 26.3 Å². The largest absolute Gasteiger partial charge is 0.356 e. The molecule has 5 rings (SSSR count). The molecule has 5 N–H and O–H groups in total. The molecule has 11 heteroatoms. The highest BCUT2D eigenvalue weighted by Gasteiger charge is 2.35. The van der Waals surface area contributed by atoms with Crippen LogP contribution in [0.25, 0.3) is 10.9 Å². The number of carbonyl (C=O) groups is 5. The zero-order chi connectivity index (χ0) is 31.8. The average molecular weight is 612 g/mol. The van der Waals surface area contributed by atoms with Gasteiger partial charge in [0, 0.05) is 36.3 Å². The first-order valence-corrected chi connectivity index (χ1v) is 14.8. The van der Waals surface area contributed by atoms with Crippen LogP contribution in [0.2, 0.25) is 0 Å². The fraction of sp³-hybridized carbons (Fsp3) is 0.265. The molecule has 4 aromatic rings. The van der Waals surface area contributed by atoms with Gasteiger partial charge in [-0.3, -0.25) is 24.0 Å². The van der Waals surface area contributed by atoms with Gasteiger partial charge in [0.2, 0.25) is 17.6 Å². The van der Waals surface area contributed by atoms with Gasteiger partial charge in [-0.2, -0.15) is 0 Å². The van der Waals surface area contributed by atoms with Crippen LogP contribution in [-0.4, -0.2) is 53.0 Å². The molecule has 1 aromatic heterocycles. The summed E-state index contributed by atoms with van der Waals surface area (Å²) in [5.74, 6) is -4.38. The zero-order valence-electron chi connectivity index (χ0n) is 24.5. The normalized spacial score (nSPS) is 15.8. The Bertz CT molecular complexity index is 1690. The van der Waals surface area contributed by atoms with E-state index >= 15 is 0 Å².